The van der Waals surface area contributed by atoms with Crippen LogP contribution in [0.2, 0.25) is 0 Å². The Bertz CT molecular complexity index is 750. The number of likely N-dealkylation sites (tertiary alicyclic amines) is 1. The number of carbonyl (C=O) groups is 1. The quantitative estimate of drug-likeness (QED) is 0.283. The fourth-order valence-electron chi connectivity index (χ4n) is 4.77. The van der Waals surface area contributed by atoms with Gasteiger partial charge in [-0.3, -0.25) is 9.79 Å². The maximum Gasteiger partial charge on any atom is 0.225 e. The van der Waals surface area contributed by atoms with E-state index in [0.717, 1.165) is 50.6 Å². The van der Waals surface area contributed by atoms with E-state index in [1.165, 1.54) is 24.8 Å². The molecule has 2 fully saturated rings. The number of rotatable bonds is 8. The Morgan fingerprint density at radius 2 is 1.88 bits per heavy atom. The molecule has 0 bridgehead atoms. The molecule has 7 nitrogen and oxygen atoms in total. The summed E-state index contributed by atoms with van der Waals surface area (Å²) in [6, 6.07) is 8.62. The number of benzene rings is 1. The Labute approximate surface area is 216 Å². The highest BCUT2D eigenvalue weighted by molar-refractivity contribution is 14.0. The standard InChI is InChI=1S/C25H41N5O2.HI/c1-5-26-25(27-17-23(29(2)3)19-11-13-22(32-4)14-12-19)28-21-15-16-30(18-21)24(31)20-9-7-6-8-10-20;/h11-14,20-21,23H,5-10,15-18H2,1-4H3,(H2,26,27,28);1H. The van der Waals surface area contributed by atoms with Gasteiger partial charge in [-0.2, -0.15) is 0 Å². The second kappa shape index (κ2) is 14.0. The molecule has 0 aromatic heterocycles. The Hall–Kier alpha value is -1.55. The van der Waals surface area contributed by atoms with Gasteiger partial charge in [-0.05, 0) is 58.0 Å². The van der Waals surface area contributed by atoms with E-state index in [1.807, 2.05) is 12.1 Å². The van der Waals surface area contributed by atoms with E-state index in [4.69, 9.17) is 9.73 Å². The van der Waals surface area contributed by atoms with Crippen molar-refractivity contribution in [1.29, 1.82) is 0 Å². The molecule has 1 aliphatic heterocycles. The van der Waals surface area contributed by atoms with Gasteiger partial charge in [0.2, 0.25) is 5.91 Å². The number of hydrogen-bond donors (Lipinski definition) is 2. The molecule has 1 saturated carbocycles. The third-order valence-corrected chi connectivity index (χ3v) is 6.69. The number of nitrogens with one attached hydrogen (secondary N) is 2. The largest absolute Gasteiger partial charge is 0.497 e. The molecule has 8 heteroatoms. The topological polar surface area (TPSA) is 69.2 Å². The number of ether oxygens (including phenoxy) is 1. The van der Waals surface area contributed by atoms with Crippen LogP contribution >= 0.6 is 24.0 Å². The van der Waals surface area contributed by atoms with Crippen LogP contribution in [-0.4, -0.2) is 75.1 Å². The molecule has 1 heterocycles. The fourth-order valence-corrected chi connectivity index (χ4v) is 4.77. The lowest BCUT2D eigenvalue weighted by Gasteiger charge is -2.26. The highest BCUT2D eigenvalue weighted by atomic mass is 127. The number of amides is 1. The van der Waals surface area contributed by atoms with Crippen LogP contribution in [0.5, 0.6) is 5.75 Å². The number of nitrogens with zero attached hydrogens (tertiary/aromatic N) is 3. The van der Waals surface area contributed by atoms with Gasteiger partial charge in [-0.1, -0.05) is 31.4 Å². The summed E-state index contributed by atoms with van der Waals surface area (Å²) in [4.78, 5) is 22.0. The lowest BCUT2D eigenvalue weighted by molar-refractivity contribution is -0.135. The fraction of sp³-hybridized carbons (Fsp3) is 0.680. The summed E-state index contributed by atoms with van der Waals surface area (Å²) < 4.78 is 5.29. The molecule has 186 valence electrons. The summed E-state index contributed by atoms with van der Waals surface area (Å²) in [6.45, 7) is 5.15. The molecular formula is C25H42IN5O2. The lowest BCUT2D eigenvalue weighted by atomic mass is 9.88. The molecule has 1 aromatic rings. The number of guanidine groups is 1. The van der Waals surface area contributed by atoms with Crippen LogP contribution in [0.25, 0.3) is 0 Å². The van der Waals surface area contributed by atoms with E-state index in [1.54, 1.807) is 7.11 Å². The van der Waals surface area contributed by atoms with Gasteiger partial charge in [0.25, 0.3) is 0 Å². The summed E-state index contributed by atoms with van der Waals surface area (Å²) in [6.07, 6.45) is 6.78. The summed E-state index contributed by atoms with van der Waals surface area (Å²) in [5, 5.41) is 6.95. The molecule has 2 atom stereocenters. The molecule has 2 unspecified atom stereocenters. The van der Waals surface area contributed by atoms with E-state index in [0.29, 0.717) is 12.5 Å². The molecule has 1 amide bonds. The second-order valence-corrected chi connectivity index (χ2v) is 9.22. The smallest absolute Gasteiger partial charge is 0.225 e. The first kappa shape index (κ1) is 27.7. The first-order chi connectivity index (χ1) is 15.5. The van der Waals surface area contributed by atoms with E-state index in [9.17, 15) is 4.79 Å². The van der Waals surface area contributed by atoms with E-state index in [2.05, 4.69) is 53.6 Å². The van der Waals surface area contributed by atoms with Crippen molar-refractivity contribution in [3.63, 3.8) is 0 Å². The van der Waals surface area contributed by atoms with Crippen molar-refractivity contribution in [3.8, 4) is 5.75 Å². The van der Waals surface area contributed by atoms with Crippen LogP contribution in [0.4, 0.5) is 0 Å². The summed E-state index contributed by atoms with van der Waals surface area (Å²) >= 11 is 0. The van der Waals surface area contributed by atoms with Gasteiger partial charge in [0, 0.05) is 31.6 Å². The monoisotopic (exact) mass is 571 g/mol. The number of likely N-dealkylation sites (N-methyl/N-ethyl adjacent to an activating group) is 1. The average molecular weight is 572 g/mol. The predicted molar refractivity (Wildman–Crippen MR) is 146 cm³/mol. The first-order valence-electron chi connectivity index (χ1n) is 12.2. The zero-order valence-electron chi connectivity index (χ0n) is 20.7. The average Bonchev–Trinajstić information content (AvgIpc) is 3.28. The Morgan fingerprint density at radius 3 is 2.48 bits per heavy atom. The molecular weight excluding hydrogens is 529 g/mol. The molecule has 3 rings (SSSR count). The Morgan fingerprint density at radius 1 is 1.18 bits per heavy atom. The summed E-state index contributed by atoms with van der Waals surface area (Å²) in [7, 11) is 5.84. The van der Waals surface area contributed by atoms with Gasteiger partial charge in [0.15, 0.2) is 5.96 Å². The third kappa shape index (κ3) is 8.02. The van der Waals surface area contributed by atoms with Gasteiger partial charge in [0.05, 0.1) is 19.7 Å². The number of aliphatic imine (C=N–C) groups is 1. The van der Waals surface area contributed by atoms with Crippen molar-refractivity contribution in [2.45, 2.75) is 57.5 Å². The summed E-state index contributed by atoms with van der Waals surface area (Å²) in [5.41, 5.74) is 1.21. The minimum absolute atomic E-state index is 0. The molecule has 1 saturated heterocycles. The molecule has 33 heavy (non-hydrogen) atoms. The third-order valence-electron chi connectivity index (χ3n) is 6.69. The highest BCUT2D eigenvalue weighted by Crippen LogP contribution is 2.27. The van der Waals surface area contributed by atoms with Crippen molar-refractivity contribution in [2.24, 2.45) is 10.9 Å². The number of carbonyl (C=O) groups excluding carboxylic acids is 1. The molecule has 1 aliphatic carbocycles. The first-order valence-corrected chi connectivity index (χ1v) is 12.2. The minimum Gasteiger partial charge on any atom is -0.497 e. The van der Waals surface area contributed by atoms with Crippen LogP contribution < -0.4 is 15.4 Å². The maximum atomic E-state index is 12.9. The van der Waals surface area contributed by atoms with E-state index >= 15 is 0 Å². The van der Waals surface area contributed by atoms with Gasteiger partial charge in [-0.25, -0.2) is 0 Å². The molecule has 0 radical (unpaired) electrons. The van der Waals surface area contributed by atoms with E-state index < -0.39 is 0 Å². The van der Waals surface area contributed by atoms with Gasteiger partial charge in [0.1, 0.15) is 5.75 Å². The van der Waals surface area contributed by atoms with Crippen molar-refractivity contribution in [3.05, 3.63) is 29.8 Å². The molecule has 1 aromatic carbocycles. The number of halogens is 1. The minimum atomic E-state index is 0. The SMILES string of the molecule is CCNC(=NCC(c1ccc(OC)cc1)N(C)C)NC1CCN(C(=O)C2CCCCC2)C1.I. The molecule has 0 spiro atoms. The van der Waals surface area contributed by atoms with Crippen LogP contribution in [0.3, 0.4) is 0 Å². The zero-order chi connectivity index (χ0) is 22.9. The van der Waals surface area contributed by atoms with Crippen molar-refractivity contribution in [1.82, 2.24) is 20.4 Å². The molecule has 2 aliphatic rings. The van der Waals surface area contributed by atoms with Crippen LogP contribution in [0, 0.1) is 5.92 Å². The van der Waals surface area contributed by atoms with Crippen LogP contribution in [-0.2, 0) is 4.79 Å². The van der Waals surface area contributed by atoms with Gasteiger partial charge >= 0.3 is 0 Å². The predicted octanol–water partition coefficient (Wildman–Crippen LogP) is 3.65. The highest BCUT2D eigenvalue weighted by Gasteiger charge is 2.31. The lowest BCUT2D eigenvalue weighted by Crippen LogP contribution is -2.46. The van der Waals surface area contributed by atoms with Crippen molar-refractivity contribution in [2.75, 3.05) is 47.4 Å². The van der Waals surface area contributed by atoms with Gasteiger partial charge in [-0.15, -0.1) is 24.0 Å². The van der Waals surface area contributed by atoms with Crippen LogP contribution in [0.1, 0.15) is 57.1 Å². The van der Waals surface area contributed by atoms with Crippen LogP contribution in [0.15, 0.2) is 29.3 Å². The van der Waals surface area contributed by atoms with E-state index in [-0.39, 0.29) is 42.0 Å². The maximum absolute atomic E-state index is 12.9. The molecule has 2 N–H and O–H groups in total. The number of methoxy groups -OCH3 is 1. The Kier molecular flexibility index (Phi) is 11.7. The second-order valence-electron chi connectivity index (χ2n) is 9.22. The summed E-state index contributed by atoms with van der Waals surface area (Å²) in [5.74, 6) is 2.29. The van der Waals surface area contributed by atoms with Gasteiger partial charge < -0.3 is 25.2 Å². The zero-order valence-corrected chi connectivity index (χ0v) is 23.0. The Balaban J connectivity index is 0.00000385. The normalized spacial score (nSPS) is 20.3. The number of hydrogen-bond acceptors (Lipinski definition) is 4. The van der Waals surface area contributed by atoms with Crippen molar-refractivity contribution < 1.29 is 9.53 Å². The van der Waals surface area contributed by atoms with Crippen molar-refractivity contribution >= 4 is 35.8 Å².